The maximum atomic E-state index is 13.4. The van der Waals surface area contributed by atoms with Gasteiger partial charge in [-0.3, -0.25) is 14.6 Å². The standard InChI is InChI=1S/C22H24N4O2S/c27-21(24-16-6-2-1-3-7-16)19-14-25-17-8-10-29-20(17)11-18(25)22(28)26(19)13-15-5-4-9-23-12-15/h4-5,8-12,16,19H,1-3,6-7,13-14H2,(H,24,27). The number of carbonyl (C=O) groups excluding carboxylic acids is 2. The van der Waals surface area contributed by atoms with Crippen LogP contribution in [0.25, 0.3) is 10.2 Å². The molecule has 4 heterocycles. The van der Waals surface area contributed by atoms with E-state index in [0.717, 1.165) is 41.5 Å². The number of hydrogen-bond donors (Lipinski definition) is 1. The Morgan fingerprint density at radius 1 is 1.24 bits per heavy atom. The van der Waals surface area contributed by atoms with Gasteiger partial charge in [0.2, 0.25) is 5.91 Å². The highest BCUT2D eigenvalue weighted by Gasteiger charge is 2.38. The Hall–Kier alpha value is -2.67. The van der Waals surface area contributed by atoms with Crippen LogP contribution in [0.15, 0.2) is 42.0 Å². The van der Waals surface area contributed by atoms with Gasteiger partial charge in [0.15, 0.2) is 0 Å². The van der Waals surface area contributed by atoms with E-state index in [-0.39, 0.29) is 17.9 Å². The molecule has 0 aromatic carbocycles. The van der Waals surface area contributed by atoms with Crippen molar-refractivity contribution in [1.29, 1.82) is 0 Å². The second-order valence-electron chi connectivity index (χ2n) is 7.96. The molecule has 3 aromatic heterocycles. The van der Waals surface area contributed by atoms with Gasteiger partial charge in [0.1, 0.15) is 11.7 Å². The predicted octanol–water partition coefficient (Wildman–Crippen LogP) is 3.57. The summed E-state index contributed by atoms with van der Waals surface area (Å²) in [5.41, 5.74) is 2.63. The molecule has 5 rings (SSSR count). The number of hydrogen-bond acceptors (Lipinski definition) is 4. The lowest BCUT2D eigenvalue weighted by molar-refractivity contribution is -0.127. The number of nitrogens with zero attached hydrogens (tertiary/aromatic N) is 3. The van der Waals surface area contributed by atoms with Crippen LogP contribution in [0.1, 0.15) is 48.2 Å². The molecule has 0 bridgehead atoms. The molecule has 0 radical (unpaired) electrons. The van der Waals surface area contributed by atoms with Crippen molar-refractivity contribution in [3.05, 3.63) is 53.3 Å². The quantitative estimate of drug-likeness (QED) is 0.718. The summed E-state index contributed by atoms with van der Waals surface area (Å²) >= 11 is 1.62. The van der Waals surface area contributed by atoms with E-state index < -0.39 is 6.04 Å². The highest BCUT2D eigenvalue weighted by Crippen LogP contribution is 2.31. The predicted molar refractivity (Wildman–Crippen MR) is 113 cm³/mol. The SMILES string of the molecule is O=C(NC1CCCCC1)C1Cn2c(cc3sccc32)C(=O)N1Cc1cccnc1. The second kappa shape index (κ2) is 7.63. The zero-order valence-electron chi connectivity index (χ0n) is 16.2. The molecular formula is C22H24N4O2S. The zero-order chi connectivity index (χ0) is 19.8. The van der Waals surface area contributed by atoms with Gasteiger partial charge in [-0.15, -0.1) is 11.3 Å². The second-order valence-corrected chi connectivity index (χ2v) is 8.91. The van der Waals surface area contributed by atoms with Crippen LogP contribution >= 0.6 is 11.3 Å². The first-order valence-electron chi connectivity index (χ1n) is 10.3. The van der Waals surface area contributed by atoms with Gasteiger partial charge in [-0.2, -0.15) is 0 Å². The fourth-order valence-electron chi connectivity index (χ4n) is 4.55. The van der Waals surface area contributed by atoms with E-state index in [4.69, 9.17) is 0 Å². The van der Waals surface area contributed by atoms with Gasteiger partial charge in [0.25, 0.3) is 5.91 Å². The molecular weight excluding hydrogens is 384 g/mol. The van der Waals surface area contributed by atoms with Crippen LogP contribution in [0.5, 0.6) is 0 Å². The highest BCUT2D eigenvalue weighted by molar-refractivity contribution is 7.17. The molecule has 6 nitrogen and oxygen atoms in total. The van der Waals surface area contributed by atoms with E-state index in [1.165, 1.54) is 6.42 Å². The van der Waals surface area contributed by atoms with Gasteiger partial charge in [0, 0.05) is 25.0 Å². The Bertz CT molecular complexity index is 1040. The monoisotopic (exact) mass is 408 g/mol. The van der Waals surface area contributed by atoms with E-state index in [1.807, 2.05) is 34.2 Å². The minimum atomic E-state index is -0.521. The molecule has 1 atom stereocenters. The summed E-state index contributed by atoms with van der Waals surface area (Å²) in [6.45, 7) is 0.869. The first-order valence-corrected chi connectivity index (χ1v) is 11.2. The van der Waals surface area contributed by atoms with E-state index in [9.17, 15) is 9.59 Å². The molecule has 0 spiro atoms. The number of amides is 2. The molecule has 1 fully saturated rings. The molecule has 2 aliphatic rings. The normalized spacial score (nSPS) is 20.1. The fourth-order valence-corrected chi connectivity index (χ4v) is 5.37. The van der Waals surface area contributed by atoms with Gasteiger partial charge >= 0.3 is 0 Å². The van der Waals surface area contributed by atoms with Crippen LogP contribution in [0.4, 0.5) is 0 Å². The number of nitrogens with one attached hydrogen (secondary N) is 1. The lowest BCUT2D eigenvalue weighted by Crippen LogP contribution is -2.56. The van der Waals surface area contributed by atoms with Crippen LogP contribution in [0.3, 0.4) is 0 Å². The molecule has 29 heavy (non-hydrogen) atoms. The maximum Gasteiger partial charge on any atom is 0.271 e. The lowest BCUT2D eigenvalue weighted by atomic mass is 9.95. The number of aromatic nitrogens is 2. The summed E-state index contributed by atoms with van der Waals surface area (Å²) in [5.74, 6) is -0.135. The average Bonchev–Trinajstić information content (AvgIpc) is 3.33. The molecule has 2 amide bonds. The van der Waals surface area contributed by atoms with Crippen molar-refractivity contribution < 1.29 is 9.59 Å². The average molecular weight is 409 g/mol. The van der Waals surface area contributed by atoms with Crippen LogP contribution < -0.4 is 5.32 Å². The van der Waals surface area contributed by atoms with E-state index in [0.29, 0.717) is 18.8 Å². The maximum absolute atomic E-state index is 13.4. The van der Waals surface area contributed by atoms with Crippen molar-refractivity contribution >= 4 is 33.4 Å². The van der Waals surface area contributed by atoms with Crippen molar-refractivity contribution in [1.82, 2.24) is 19.8 Å². The van der Waals surface area contributed by atoms with E-state index >= 15 is 0 Å². The number of rotatable bonds is 4. The Morgan fingerprint density at radius 3 is 2.90 bits per heavy atom. The third-order valence-corrected chi connectivity index (χ3v) is 6.92. The van der Waals surface area contributed by atoms with Gasteiger partial charge in [-0.25, -0.2) is 0 Å². The third kappa shape index (κ3) is 3.44. The molecule has 0 saturated heterocycles. The van der Waals surface area contributed by atoms with Crippen molar-refractivity contribution in [2.75, 3.05) is 0 Å². The largest absolute Gasteiger partial charge is 0.352 e. The molecule has 1 aliphatic heterocycles. The summed E-state index contributed by atoms with van der Waals surface area (Å²) in [4.78, 5) is 32.6. The van der Waals surface area contributed by atoms with Crippen LogP contribution in [0.2, 0.25) is 0 Å². The third-order valence-electron chi connectivity index (χ3n) is 6.06. The van der Waals surface area contributed by atoms with E-state index in [1.54, 1.807) is 28.6 Å². The van der Waals surface area contributed by atoms with Crippen LogP contribution in [0, 0.1) is 0 Å². The molecule has 1 saturated carbocycles. The Labute approximate surface area is 173 Å². The summed E-state index contributed by atoms with van der Waals surface area (Å²) in [6.07, 6.45) is 9.08. The van der Waals surface area contributed by atoms with Gasteiger partial charge in [-0.1, -0.05) is 25.3 Å². The van der Waals surface area contributed by atoms with Crippen LogP contribution in [-0.4, -0.2) is 38.3 Å². The number of carbonyl (C=O) groups is 2. The summed E-state index contributed by atoms with van der Waals surface area (Å²) in [6, 6.07) is 7.49. The van der Waals surface area contributed by atoms with Crippen molar-refractivity contribution in [2.45, 2.75) is 57.3 Å². The number of fused-ring (bicyclic) bond motifs is 3. The summed E-state index contributed by atoms with van der Waals surface area (Å²) < 4.78 is 3.10. The fraction of sp³-hybridized carbons (Fsp3) is 0.409. The first kappa shape index (κ1) is 18.4. The molecule has 1 aliphatic carbocycles. The minimum absolute atomic E-state index is 0.0446. The molecule has 3 aromatic rings. The summed E-state index contributed by atoms with van der Waals surface area (Å²) in [5, 5.41) is 5.26. The molecule has 7 heteroatoms. The van der Waals surface area contributed by atoms with Gasteiger partial charge in [-0.05, 0) is 42.0 Å². The Morgan fingerprint density at radius 2 is 2.10 bits per heavy atom. The smallest absolute Gasteiger partial charge is 0.271 e. The minimum Gasteiger partial charge on any atom is -0.352 e. The molecule has 1 N–H and O–H groups in total. The molecule has 150 valence electrons. The van der Waals surface area contributed by atoms with Crippen LogP contribution in [-0.2, 0) is 17.9 Å². The first-order chi connectivity index (χ1) is 14.2. The lowest BCUT2D eigenvalue weighted by Gasteiger charge is -2.37. The Balaban J connectivity index is 1.47. The highest BCUT2D eigenvalue weighted by atomic mass is 32.1. The van der Waals surface area contributed by atoms with E-state index in [2.05, 4.69) is 10.3 Å². The molecule has 1 unspecified atom stereocenters. The van der Waals surface area contributed by atoms with Crippen molar-refractivity contribution in [2.24, 2.45) is 0 Å². The number of thiophene rings is 1. The number of pyridine rings is 1. The van der Waals surface area contributed by atoms with Crippen molar-refractivity contribution in [3.63, 3.8) is 0 Å². The topological polar surface area (TPSA) is 67.2 Å². The van der Waals surface area contributed by atoms with Crippen molar-refractivity contribution in [3.8, 4) is 0 Å². The summed E-state index contributed by atoms with van der Waals surface area (Å²) in [7, 11) is 0. The Kier molecular flexibility index (Phi) is 4.83. The van der Waals surface area contributed by atoms with Gasteiger partial charge in [0.05, 0.1) is 16.8 Å². The zero-order valence-corrected chi connectivity index (χ0v) is 17.0. The van der Waals surface area contributed by atoms with Gasteiger partial charge < -0.3 is 14.8 Å².